The molecule has 136 valence electrons. The first-order valence-corrected chi connectivity index (χ1v) is 8.06. The third kappa shape index (κ3) is 4.92. The third-order valence-corrected chi connectivity index (χ3v) is 3.75. The molecule has 0 aliphatic carbocycles. The van der Waals surface area contributed by atoms with Crippen molar-refractivity contribution in [3.8, 4) is 0 Å². The van der Waals surface area contributed by atoms with Crippen molar-refractivity contribution >= 4 is 23.8 Å². The van der Waals surface area contributed by atoms with E-state index in [0.717, 1.165) is 10.0 Å². The predicted molar refractivity (Wildman–Crippen MR) is 84.3 cm³/mol. The molecular weight excluding hydrogens is 316 g/mol. The number of hydrogen-bond donors (Lipinski definition) is 3. The molecule has 1 heterocycles. The summed E-state index contributed by atoms with van der Waals surface area (Å²) in [5.74, 6) is -1.48. The Morgan fingerprint density at radius 1 is 1.25 bits per heavy atom. The summed E-state index contributed by atoms with van der Waals surface area (Å²) in [5, 5.41) is 12.9. The van der Waals surface area contributed by atoms with Crippen LogP contribution in [0.1, 0.15) is 47.0 Å². The maximum absolute atomic E-state index is 12.5. The van der Waals surface area contributed by atoms with Gasteiger partial charge in [-0.05, 0) is 18.3 Å². The molecule has 1 aliphatic rings. The number of hydrogen-bond acceptors (Lipinski definition) is 5. The monoisotopic (exact) mass is 342 g/mol. The molecule has 0 saturated carbocycles. The fraction of sp³-hybridized carbons (Fsp3) is 0.733. The number of hydrazine groups is 1. The molecule has 0 radical (unpaired) electrons. The Bertz CT molecular complexity index is 506. The van der Waals surface area contributed by atoms with Gasteiger partial charge in [0, 0.05) is 12.8 Å². The maximum atomic E-state index is 12.5. The fourth-order valence-corrected chi connectivity index (χ4v) is 2.31. The lowest BCUT2D eigenvalue weighted by Crippen LogP contribution is -2.51. The molecule has 1 saturated heterocycles. The molecule has 5 amide bonds. The number of carbonyl (C=O) groups excluding carboxylic acids is 4. The van der Waals surface area contributed by atoms with Crippen molar-refractivity contribution in [3.63, 3.8) is 0 Å². The second kappa shape index (κ2) is 8.62. The number of nitrogens with zero attached hydrogens (tertiary/aromatic N) is 2. The number of urea groups is 1. The van der Waals surface area contributed by atoms with E-state index in [1.54, 1.807) is 13.8 Å². The van der Waals surface area contributed by atoms with Crippen LogP contribution in [0.25, 0.3) is 0 Å². The maximum Gasteiger partial charge on any atom is 0.344 e. The van der Waals surface area contributed by atoms with Crippen molar-refractivity contribution in [2.75, 3.05) is 6.54 Å². The lowest BCUT2D eigenvalue weighted by molar-refractivity contribution is -0.156. The Labute approximate surface area is 141 Å². The summed E-state index contributed by atoms with van der Waals surface area (Å²) in [6.07, 6.45) is 0.522. The molecule has 0 aromatic heterocycles. The Balaban J connectivity index is 2.94. The van der Waals surface area contributed by atoms with Crippen LogP contribution in [0.15, 0.2) is 0 Å². The normalized spacial score (nSPS) is 17.5. The fourth-order valence-electron chi connectivity index (χ4n) is 2.31. The van der Waals surface area contributed by atoms with Crippen molar-refractivity contribution in [1.82, 2.24) is 20.8 Å². The first-order chi connectivity index (χ1) is 11.2. The van der Waals surface area contributed by atoms with E-state index in [2.05, 4.69) is 5.32 Å². The number of rotatable bonds is 8. The molecule has 0 aromatic rings. The molecule has 0 aromatic carbocycles. The summed E-state index contributed by atoms with van der Waals surface area (Å²) in [6.45, 7) is 7.32. The van der Waals surface area contributed by atoms with Gasteiger partial charge < -0.3 is 5.32 Å². The zero-order chi connectivity index (χ0) is 18.4. The number of nitrogens with one attached hydrogen (secondary N) is 2. The first kappa shape index (κ1) is 19.9. The molecule has 1 rings (SSSR count). The molecule has 1 aliphatic heterocycles. The molecule has 9 nitrogen and oxygen atoms in total. The summed E-state index contributed by atoms with van der Waals surface area (Å²) in [6, 6.07) is -1.38. The lowest BCUT2D eigenvalue weighted by Gasteiger charge is -2.29. The summed E-state index contributed by atoms with van der Waals surface area (Å²) >= 11 is 0. The SMILES string of the molecule is CC(C)CCC(=O)N(CCC(=O)NO)N1C(=O)N[C@@H](C(C)C)C1=O. The number of hydroxylamine groups is 1. The first-order valence-electron chi connectivity index (χ1n) is 8.06. The zero-order valence-electron chi connectivity index (χ0n) is 14.5. The Kier molecular flexibility index (Phi) is 7.15. The van der Waals surface area contributed by atoms with E-state index in [0.29, 0.717) is 6.42 Å². The lowest BCUT2D eigenvalue weighted by atomic mass is 10.1. The van der Waals surface area contributed by atoms with Crippen LogP contribution in [0.3, 0.4) is 0 Å². The molecule has 24 heavy (non-hydrogen) atoms. The van der Waals surface area contributed by atoms with Crippen LogP contribution in [0.4, 0.5) is 4.79 Å². The van der Waals surface area contributed by atoms with Gasteiger partial charge in [-0.15, -0.1) is 0 Å². The quantitative estimate of drug-likeness (QED) is 0.340. The molecule has 9 heteroatoms. The van der Waals surface area contributed by atoms with Gasteiger partial charge in [0.25, 0.3) is 5.91 Å². The highest BCUT2D eigenvalue weighted by Gasteiger charge is 2.44. The minimum atomic E-state index is -0.705. The van der Waals surface area contributed by atoms with E-state index < -0.39 is 29.8 Å². The highest BCUT2D eigenvalue weighted by atomic mass is 16.5. The average molecular weight is 342 g/mol. The van der Waals surface area contributed by atoms with E-state index in [-0.39, 0.29) is 31.2 Å². The van der Waals surface area contributed by atoms with Crippen LogP contribution < -0.4 is 10.8 Å². The largest absolute Gasteiger partial charge is 0.344 e. The second-order valence-corrected chi connectivity index (χ2v) is 6.56. The van der Waals surface area contributed by atoms with Crippen LogP contribution in [-0.2, 0) is 14.4 Å². The predicted octanol–water partition coefficient (Wildman–Crippen LogP) is 0.638. The summed E-state index contributed by atoms with van der Waals surface area (Å²) in [7, 11) is 0. The minimum Gasteiger partial charge on any atom is -0.324 e. The van der Waals surface area contributed by atoms with Crippen molar-refractivity contribution in [2.24, 2.45) is 11.8 Å². The van der Waals surface area contributed by atoms with Crippen molar-refractivity contribution in [2.45, 2.75) is 53.0 Å². The molecule has 0 unspecified atom stereocenters. The third-order valence-electron chi connectivity index (χ3n) is 3.75. The zero-order valence-corrected chi connectivity index (χ0v) is 14.5. The highest BCUT2D eigenvalue weighted by Crippen LogP contribution is 2.18. The molecule has 1 atom stereocenters. The topological polar surface area (TPSA) is 119 Å². The van der Waals surface area contributed by atoms with Gasteiger partial charge in [0.1, 0.15) is 6.04 Å². The van der Waals surface area contributed by atoms with Gasteiger partial charge >= 0.3 is 6.03 Å². The highest BCUT2D eigenvalue weighted by molar-refractivity contribution is 6.05. The van der Waals surface area contributed by atoms with Crippen LogP contribution in [-0.4, -0.2) is 51.6 Å². The second-order valence-electron chi connectivity index (χ2n) is 6.56. The molecule has 0 bridgehead atoms. The van der Waals surface area contributed by atoms with E-state index in [4.69, 9.17) is 5.21 Å². The molecule has 1 fully saturated rings. The van der Waals surface area contributed by atoms with Gasteiger partial charge in [0.15, 0.2) is 0 Å². The van der Waals surface area contributed by atoms with Crippen molar-refractivity contribution in [1.29, 1.82) is 0 Å². The number of imide groups is 1. The van der Waals surface area contributed by atoms with Crippen molar-refractivity contribution in [3.05, 3.63) is 0 Å². The van der Waals surface area contributed by atoms with Gasteiger partial charge in [0.2, 0.25) is 11.8 Å². The summed E-state index contributed by atoms with van der Waals surface area (Å²) in [5.41, 5.74) is 1.47. The van der Waals surface area contributed by atoms with Gasteiger partial charge in [-0.1, -0.05) is 27.7 Å². The smallest absolute Gasteiger partial charge is 0.324 e. The Hall–Kier alpha value is -2.16. The van der Waals surface area contributed by atoms with E-state index in [1.165, 1.54) is 5.48 Å². The Morgan fingerprint density at radius 2 is 1.88 bits per heavy atom. The summed E-state index contributed by atoms with van der Waals surface area (Å²) < 4.78 is 0. The van der Waals surface area contributed by atoms with E-state index >= 15 is 0 Å². The van der Waals surface area contributed by atoms with Crippen LogP contribution in [0.5, 0.6) is 0 Å². The van der Waals surface area contributed by atoms with E-state index in [9.17, 15) is 19.2 Å². The average Bonchev–Trinajstić information content (AvgIpc) is 2.81. The molecule has 0 spiro atoms. The molecular formula is C15H26N4O5. The van der Waals surface area contributed by atoms with Gasteiger partial charge in [-0.25, -0.2) is 15.3 Å². The van der Waals surface area contributed by atoms with Gasteiger partial charge in [-0.2, -0.15) is 5.01 Å². The number of amides is 5. The van der Waals surface area contributed by atoms with Crippen LogP contribution >= 0.6 is 0 Å². The molecule has 3 N–H and O–H groups in total. The number of carbonyl (C=O) groups is 4. The van der Waals surface area contributed by atoms with Gasteiger partial charge in [0.05, 0.1) is 6.54 Å². The van der Waals surface area contributed by atoms with Gasteiger partial charge in [-0.3, -0.25) is 19.6 Å². The standard InChI is InChI=1S/C15H26N4O5/c1-9(2)5-6-12(21)18(8-7-11(20)17-24)19-14(22)13(10(3)4)16-15(19)23/h9-10,13,24H,5-8H2,1-4H3,(H,16,23)(H,17,20)/t13-/m0/s1. The van der Waals surface area contributed by atoms with Crippen LogP contribution in [0.2, 0.25) is 0 Å². The Morgan fingerprint density at radius 3 is 2.33 bits per heavy atom. The van der Waals surface area contributed by atoms with E-state index in [1.807, 2.05) is 13.8 Å². The van der Waals surface area contributed by atoms with Crippen LogP contribution in [0, 0.1) is 11.8 Å². The summed E-state index contributed by atoms with van der Waals surface area (Å²) in [4.78, 5) is 48.3. The van der Waals surface area contributed by atoms with Crippen molar-refractivity contribution < 1.29 is 24.4 Å². The minimum absolute atomic E-state index is 0.125.